The van der Waals surface area contributed by atoms with Crippen molar-refractivity contribution in [2.24, 2.45) is 0 Å². The smallest absolute Gasteiger partial charge is 0.135 e. The van der Waals surface area contributed by atoms with Crippen LogP contribution in [0.3, 0.4) is 0 Å². The molecule has 10 aromatic carbocycles. The minimum atomic E-state index is -1.50. The zero-order chi connectivity index (χ0) is 47.1. The molecule has 0 atom stereocenters. The first kappa shape index (κ1) is 29.1. The number of benzene rings is 10. The molecule has 3 heteroatoms. The van der Waals surface area contributed by atoms with Gasteiger partial charge in [0.15, 0.2) is 0 Å². The van der Waals surface area contributed by atoms with E-state index in [1.165, 1.54) is 0 Å². The Hall–Kier alpha value is -8.14. The molecule has 3 nitrogen and oxygen atoms in total. The van der Waals surface area contributed by atoms with E-state index in [9.17, 15) is 6.85 Å². The Morgan fingerprint density at radius 1 is 0.355 bits per heavy atom. The largest absolute Gasteiger partial charge is 0.456 e. The van der Waals surface area contributed by atoms with Crippen molar-refractivity contribution in [3.63, 3.8) is 0 Å². The van der Waals surface area contributed by atoms with E-state index in [1.807, 2.05) is 115 Å². The van der Waals surface area contributed by atoms with Gasteiger partial charge in [-0.1, -0.05) is 158 Å². The Balaban J connectivity index is 1.26. The molecule has 0 amide bonds. The molecular formula is C59H40N2O. The van der Waals surface area contributed by atoms with E-state index in [0.717, 1.165) is 67.2 Å². The molecule has 0 unspecified atom stereocenters. The van der Waals surface area contributed by atoms with Gasteiger partial charge in [-0.3, -0.25) is 0 Å². The van der Waals surface area contributed by atoms with E-state index in [0.29, 0.717) is 16.7 Å². The van der Waals surface area contributed by atoms with Gasteiger partial charge in [-0.05, 0) is 129 Å². The highest BCUT2D eigenvalue weighted by molar-refractivity contribution is 6.06. The number of para-hydroxylation sites is 5. The van der Waals surface area contributed by atoms with Crippen LogP contribution in [0.1, 0.15) is 31.8 Å². The van der Waals surface area contributed by atoms with E-state index < -0.39 is 35.6 Å². The minimum Gasteiger partial charge on any atom is -0.456 e. The van der Waals surface area contributed by atoms with Gasteiger partial charge in [0, 0.05) is 44.9 Å². The van der Waals surface area contributed by atoms with Gasteiger partial charge in [0.25, 0.3) is 0 Å². The summed E-state index contributed by atoms with van der Waals surface area (Å²) in [5.41, 5.74) is 9.25. The first-order valence-electron chi connectivity index (χ1n) is 24.2. The molecule has 1 aliphatic rings. The number of anilines is 6. The number of hydrogen-bond donors (Lipinski definition) is 0. The summed E-state index contributed by atoms with van der Waals surface area (Å²) < 4.78 is 72.0. The van der Waals surface area contributed by atoms with Crippen LogP contribution in [0.2, 0.25) is 0 Å². The van der Waals surface area contributed by atoms with Gasteiger partial charge in [0.1, 0.15) is 11.2 Å². The highest BCUT2D eigenvalue weighted by Crippen LogP contribution is 2.59. The van der Waals surface area contributed by atoms with Crippen molar-refractivity contribution in [2.75, 3.05) is 9.80 Å². The zero-order valence-electron chi connectivity index (χ0n) is 40.4. The average Bonchev–Trinajstić information content (AvgIpc) is 3.91. The summed E-state index contributed by atoms with van der Waals surface area (Å²) in [6.45, 7) is 0. The molecule has 0 radical (unpaired) electrons. The second kappa shape index (κ2) is 14.5. The first-order valence-corrected chi connectivity index (χ1v) is 20.7. The van der Waals surface area contributed by atoms with Crippen LogP contribution in [0.5, 0.6) is 0 Å². The maximum atomic E-state index is 10.1. The molecule has 0 spiro atoms. The molecule has 0 saturated heterocycles. The van der Waals surface area contributed by atoms with E-state index in [4.69, 9.17) is 7.16 Å². The molecule has 62 heavy (non-hydrogen) atoms. The van der Waals surface area contributed by atoms with Crippen LogP contribution in [0.15, 0.2) is 247 Å². The summed E-state index contributed by atoms with van der Waals surface area (Å²) in [6, 6.07) is 64.1. The number of rotatable bonds is 8. The monoisotopic (exact) mass is 799 g/mol. The molecule has 0 fully saturated rings. The molecule has 11 aromatic rings. The topological polar surface area (TPSA) is 19.6 Å². The van der Waals surface area contributed by atoms with Crippen molar-refractivity contribution < 1.29 is 14.0 Å². The Labute approximate surface area is 370 Å². The van der Waals surface area contributed by atoms with Crippen molar-refractivity contribution >= 4 is 66.8 Å². The van der Waals surface area contributed by atoms with Crippen LogP contribution in [-0.4, -0.2) is 0 Å². The molecule has 1 heterocycles. The van der Waals surface area contributed by atoms with Crippen LogP contribution >= 0.6 is 0 Å². The van der Waals surface area contributed by atoms with Gasteiger partial charge in [-0.2, -0.15) is 0 Å². The molecule has 0 aliphatic heterocycles. The molecule has 1 aromatic heterocycles. The summed E-state index contributed by atoms with van der Waals surface area (Å²) in [5, 5.41) is 1.74. The van der Waals surface area contributed by atoms with Crippen molar-refractivity contribution in [3.05, 3.63) is 265 Å². The summed E-state index contributed by atoms with van der Waals surface area (Å²) in [4.78, 5) is 4.39. The van der Waals surface area contributed by atoms with Gasteiger partial charge in [0.05, 0.1) is 15.0 Å². The lowest BCUT2D eigenvalue weighted by molar-refractivity contribution is 0.666. The summed E-state index contributed by atoms with van der Waals surface area (Å²) in [6.07, 6.45) is 0. The summed E-state index contributed by atoms with van der Waals surface area (Å²) >= 11 is 0. The number of furan rings is 1. The van der Waals surface area contributed by atoms with Crippen LogP contribution in [0, 0.1) is 0 Å². The number of hydrogen-bond acceptors (Lipinski definition) is 3. The number of nitrogens with zero attached hydrogens (tertiary/aromatic N) is 2. The highest BCUT2D eigenvalue weighted by Gasteiger charge is 2.48. The normalized spacial score (nSPS) is 14.2. The third kappa shape index (κ3) is 5.59. The first-order chi connectivity index (χ1) is 33.7. The Kier molecular flexibility index (Phi) is 6.84. The molecular weight excluding hydrogens is 753 g/mol. The second-order valence-electron chi connectivity index (χ2n) is 15.5. The molecule has 1 aliphatic carbocycles. The van der Waals surface area contributed by atoms with Crippen LogP contribution in [0.25, 0.3) is 43.8 Å². The van der Waals surface area contributed by atoms with Gasteiger partial charge >= 0.3 is 0 Å². The minimum absolute atomic E-state index is 0.0223. The molecule has 12 rings (SSSR count). The standard InChI is InChI=1S/C59H40N2O/c1-5-20-43(21-6-1)60(44-22-7-2-8-23-44)47-33-36-55-52(39-47)53-40-48(61(45-24-9-3-10-25-45)46-26-11-4-12-27-46)34-37-56(53)59(55,54-30-17-19-41-18-13-14-28-49(41)54)42-32-35-51-50-29-15-16-31-57(50)62-58(51)38-42/h1-40H/i13D,14D,17D,18D,19D,28D,30D. The maximum Gasteiger partial charge on any atom is 0.135 e. The predicted octanol–water partition coefficient (Wildman–Crippen LogP) is 16.0. The molecule has 0 saturated carbocycles. The summed E-state index contributed by atoms with van der Waals surface area (Å²) in [7, 11) is 0. The number of fused-ring (bicyclic) bond motifs is 7. The van der Waals surface area contributed by atoms with Crippen molar-refractivity contribution in [2.45, 2.75) is 5.41 Å². The fourth-order valence-corrected chi connectivity index (χ4v) is 9.57. The Morgan fingerprint density at radius 2 is 0.839 bits per heavy atom. The van der Waals surface area contributed by atoms with E-state index >= 15 is 0 Å². The van der Waals surface area contributed by atoms with Crippen molar-refractivity contribution in [1.29, 1.82) is 0 Å². The van der Waals surface area contributed by atoms with Crippen LogP contribution in [0.4, 0.5) is 34.1 Å². The van der Waals surface area contributed by atoms with E-state index in [2.05, 4.69) is 94.7 Å². The quantitative estimate of drug-likeness (QED) is 0.153. The third-order valence-corrected chi connectivity index (χ3v) is 12.2. The summed E-state index contributed by atoms with van der Waals surface area (Å²) in [5.74, 6) is 0. The lowest BCUT2D eigenvalue weighted by atomic mass is 9.66. The average molecular weight is 800 g/mol. The fourth-order valence-electron chi connectivity index (χ4n) is 9.57. The molecule has 0 bridgehead atoms. The SMILES string of the molecule is [2H]c1c([2H])c([2H])c2c(C3(c4ccc5c(c4)oc4ccccc45)c4ccc(N(c5ccccc5)c5ccccc5)cc4-c4cc(N(c5ccccc5)c5ccccc5)ccc43)c([2H])c([2H])c([2H])c2c1[2H]. The van der Waals surface area contributed by atoms with Crippen molar-refractivity contribution in [1.82, 2.24) is 0 Å². The maximum absolute atomic E-state index is 10.1. The molecule has 292 valence electrons. The van der Waals surface area contributed by atoms with Gasteiger partial charge in [0.2, 0.25) is 0 Å². The van der Waals surface area contributed by atoms with Crippen LogP contribution < -0.4 is 9.80 Å². The van der Waals surface area contributed by atoms with Crippen molar-refractivity contribution in [3.8, 4) is 11.1 Å². The Bertz CT molecular complexity index is 3610. The highest BCUT2D eigenvalue weighted by atomic mass is 16.3. The lowest BCUT2D eigenvalue weighted by Crippen LogP contribution is -2.29. The zero-order valence-corrected chi connectivity index (χ0v) is 33.4. The van der Waals surface area contributed by atoms with Crippen LogP contribution in [-0.2, 0) is 5.41 Å². The van der Waals surface area contributed by atoms with Gasteiger partial charge in [-0.25, -0.2) is 0 Å². The lowest BCUT2D eigenvalue weighted by Gasteiger charge is -2.35. The fraction of sp³-hybridized carbons (Fsp3) is 0.0169. The Morgan fingerprint density at radius 3 is 1.40 bits per heavy atom. The third-order valence-electron chi connectivity index (χ3n) is 12.2. The predicted molar refractivity (Wildman–Crippen MR) is 258 cm³/mol. The van der Waals surface area contributed by atoms with E-state index in [1.54, 1.807) is 0 Å². The van der Waals surface area contributed by atoms with Gasteiger partial charge in [-0.15, -0.1) is 0 Å². The van der Waals surface area contributed by atoms with E-state index in [-0.39, 0.29) is 28.4 Å². The molecule has 0 N–H and O–H groups in total. The second-order valence-corrected chi connectivity index (χ2v) is 15.5. The van der Waals surface area contributed by atoms with Gasteiger partial charge < -0.3 is 14.2 Å².